The Kier molecular flexibility index (Phi) is 6.09. The van der Waals surface area contributed by atoms with Gasteiger partial charge in [0.1, 0.15) is 0 Å². The fourth-order valence-electron chi connectivity index (χ4n) is 1.60. The summed E-state index contributed by atoms with van der Waals surface area (Å²) in [6.45, 7) is 3.38. The quantitative estimate of drug-likeness (QED) is 0.715. The number of benzene rings is 1. The molecule has 1 unspecified atom stereocenters. The van der Waals surface area contributed by atoms with Gasteiger partial charge in [0.25, 0.3) is 20.3 Å². The van der Waals surface area contributed by atoms with Crippen LogP contribution in [0.5, 0.6) is 0 Å². The van der Waals surface area contributed by atoms with Crippen molar-refractivity contribution in [3.05, 3.63) is 34.9 Å². The van der Waals surface area contributed by atoms with Crippen LogP contribution in [0.2, 0.25) is 5.02 Å². The van der Waals surface area contributed by atoms with Gasteiger partial charge in [0.2, 0.25) is 11.0 Å². The summed E-state index contributed by atoms with van der Waals surface area (Å²) in [4.78, 5) is 23.8. The van der Waals surface area contributed by atoms with Gasteiger partial charge in [-0.15, -0.1) is 10.2 Å². The normalized spacial score (nSPS) is 12.4. The molecule has 2 N–H and O–H groups in total. The molecule has 25 heavy (non-hydrogen) atoms. The smallest absolute Gasteiger partial charge is 0.293 e. The van der Waals surface area contributed by atoms with E-state index in [1.54, 1.807) is 26.0 Å². The third-order valence-corrected chi connectivity index (χ3v) is 6.06. The molecule has 0 spiro atoms. The fraction of sp³-hybridized carbons (Fsp3) is 0.286. The van der Waals surface area contributed by atoms with Gasteiger partial charge in [0.15, 0.2) is 0 Å². The summed E-state index contributed by atoms with van der Waals surface area (Å²) < 4.78 is 25.8. The van der Waals surface area contributed by atoms with Crippen LogP contribution < -0.4 is 10.0 Å². The zero-order chi connectivity index (χ0) is 18.6. The lowest BCUT2D eigenvalue weighted by Crippen LogP contribution is -2.34. The molecule has 1 aromatic heterocycles. The number of carbonyl (C=O) groups is 2. The largest absolute Gasteiger partial charge is 0.296 e. The molecule has 2 amide bonds. The topological polar surface area (TPSA) is 118 Å². The Morgan fingerprint density at radius 3 is 2.48 bits per heavy atom. The van der Waals surface area contributed by atoms with Gasteiger partial charge in [0.05, 0.1) is 0 Å². The number of hydrogen-bond donors (Lipinski definition) is 2. The minimum atomic E-state index is -4.12. The lowest BCUT2D eigenvalue weighted by molar-refractivity contribution is -0.122. The summed E-state index contributed by atoms with van der Waals surface area (Å²) in [7, 11) is -4.12. The van der Waals surface area contributed by atoms with Crippen LogP contribution in [0.15, 0.2) is 28.6 Å². The number of rotatable bonds is 6. The summed E-state index contributed by atoms with van der Waals surface area (Å²) in [5, 5.41) is 10.1. The SMILES string of the molecule is CCC(C)C(=O)NS(=O)(=O)c1nnc(NC(=O)c2ccc(Cl)cc2)s1. The predicted octanol–water partition coefficient (Wildman–Crippen LogP) is 2.29. The average molecular weight is 403 g/mol. The van der Waals surface area contributed by atoms with Gasteiger partial charge in [-0.1, -0.05) is 36.8 Å². The van der Waals surface area contributed by atoms with Gasteiger partial charge in [-0.05, 0) is 30.7 Å². The Morgan fingerprint density at radius 2 is 1.88 bits per heavy atom. The zero-order valence-electron chi connectivity index (χ0n) is 13.3. The summed E-state index contributed by atoms with van der Waals surface area (Å²) >= 11 is 6.40. The molecule has 0 saturated carbocycles. The van der Waals surface area contributed by atoms with Crippen LogP contribution in [0.1, 0.15) is 30.6 Å². The molecule has 0 saturated heterocycles. The van der Waals surface area contributed by atoms with Crippen molar-refractivity contribution in [2.75, 3.05) is 5.32 Å². The van der Waals surface area contributed by atoms with Crippen LogP contribution in [0.25, 0.3) is 0 Å². The van der Waals surface area contributed by atoms with Gasteiger partial charge >= 0.3 is 0 Å². The highest BCUT2D eigenvalue weighted by Crippen LogP contribution is 2.21. The van der Waals surface area contributed by atoms with E-state index in [0.29, 0.717) is 28.3 Å². The van der Waals surface area contributed by atoms with Crippen molar-refractivity contribution in [2.45, 2.75) is 24.6 Å². The number of aromatic nitrogens is 2. The molecule has 1 heterocycles. The number of nitrogens with zero attached hydrogens (tertiary/aromatic N) is 2. The minimum Gasteiger partial charge on any atom is -0.296 e. The number of sulfonamides is 1. The molecular formula is C14H15ClN4O4S2. The molecule has 0 radical (unpaired) electrons. The molecule has 134 valence electrons. The molecule has 0 fully saturated rings. The van der Waals surface area contributed by atoms with E-state index in [-0.39, 0.29) is 5.13 Å². The van der Waals surface area contributed by atoms with Crippen LogP contribution in [0.4, 0.5) is 5.13 Å². The summed E-state index contributed by atoms with van der Waals surface area (Å²) in [6.07, 6.45) is 0.500. The monoisotopic (exact) mass is 402 g/mol. The van der Waals surface area contributed by atoms with E-state index in [4.69, 9.17) is 11.6 Å². The predicted molar refractivity (Wildman–Crippen MR) is 94.1 cm³/mol. The van der Waals surface area contributed by atoms with E-state index in [1.807, 2.05) is 4.72 Å². The third-order valence-electron chi connectivity index (χ3n) is 3.26. The van der Waals surface area contributed by atoms with Crippen molar-refractivity contribution in [2.24, 2.45) is 5.92 Å². The van der Waals surface area contributed by atoms with E-state index < -0.39 is 32.1 Å². The van der Waals surface area contributed by atoms with Crippen molar-refractivity contribution >= 4 is 49.9 Å². The van der Waals surface area contributed by atoms with E-state index in [9.17, 15) is 18.0 Å². The van der Waals surface area contributed by atoms with Gasteiger partial charge < -0.3 is 0 Å². The van der Waals surface area contributed by atoms with Gasteiger partial charge in [-0.2, -0.15) is 8.42 Å². The number of anilines is 1. The van der Waals surface area contributed by atoms with Crippen LogP contribution in [0.3, 0.4) is 0 Å². The van der Waals surface area contributed by atoms with E-state index >= 15 is 0 Å². The lowest BCUT2D eigenvalue weighted by Gasteiger charge is -2.08. The van der Waals surface area contributed by atoms with Crippen molar-refractivity contribution in [3.8, 4) is 0 Å². The van der Waals surface area contributed by atoms with Crippen LogP contribution in [-0.2, 0) is 14.8 Å². The highest BCUT2D eigenvalue weighted by molar-refractivity contribution is 7.92. The summed E-state index contributed by atoms with van der Waals surface area (Å²) in [6, 6.07) is 6.14. The molecule has 11 heteroatoms. The second-order valence-electron chi connectivity index (χ2n) is 5.11. The van der Waals surface area contributed by atoms with Gasteiger partial charge in [-0.25, -0.2) is 4.72 Å². The van der Waals surface area contributed by atoms with E-state index in [0.717, 1.165) is 0 Å². The zero-order valence-corrected chi connectivity index (χ0v) is 15.7. The molecule has 8 nitrogen and oxygen atoms in total. The maximum absolute atomic E-state index is 12.1. The Balaban J connectivity index is 2.10. The molecule has 0 aliphatic rings. The first-order valence-corrected chi connectivity index (χ1v) is 9.87. The fourth-order valence-corrected chi connectivity index (χ4v) is 3.70. The van der Waals surface area contributed by atoms with E-state index in [1.165, 1.54) is 12.1 Å². The molecule has 0 aliphatic carbocycles. The Labute approximate surface area is 153 Å². The van der Waals surface area contributed by atoms with Crippen LogP contribution in [-0.4, -0.2) is 30.4 Å². The Morgan fingerprint density at radius 1 is 1.24 bits per heavy atom. The summed E-state index contributed by atoms with van der Waals surface area (Å²) in [5.41, 5.74) is 0.328. The second kappa shape index (κ2) is 7.89. The average Bonchev–Trinajstić information content (AvgIpc) is 3.03. The molecule has 0 aliphatic heterocycles. The second-order valence-corrected chi connectivity index (χ2v) is 8.38. The lowest BCUT2D eigenvalue weighted by atomic mass is 10.1. The van der Waals surface area contributed by atoms with Crippen molar-refractivity contribution < 1.29 is 18.0 Å². The molecule has 1 aromatic carbocycles. The van der Waals surface area contributed by atoms with E-state index in [2.05, 4.69) is 15.5 Å². The summed E-state index contributed by atoms with van der Waals surface area (Å²) in [5.74, 6) is -1.56. The molecule has 1 atom stereocenters. The Bertz CT molecular complexity index is 880. The standard InChI is InChI=1S/C14H15ClN4O4S2/c1-3-8(2)11(20)19-25(22,23)14-18-17-13(24-14)16-12(21)9-4-6-10(15)7-5-9/h4-8H,3H2,1-2H3,(H,19,20)(H,16,17,21). The number of amides is 2. The number of halogens is 1. The maximum atomic E-state index is 12.1. The van der Waals surface area contributed by atoms with Crippen molar-refractivity contribution in [1.82, 2.24) is 14.9 Å². The highest BCUT2D eigenvalue weighted by Gasteiger charge is 2.25. The number of nitrogens with one attached hydrogen (secondary N) is 2. The number of hydrogen-bond acceptors (Lipinski definition) is 7. The first-order chi connectivity index (χ1) is 11.7. The van der Waals surface area contributed by atoms with Gasteiger partial charge in [0, 0.05) is 16.5 Å². The van der Waals surface area contributed by atoms with Crippen LogP contribution >= 0.6 is 22.9 Å². The molecule has 0 bridgehead atoms. The van der Waals surface area contributed by atoms with Crippen molar-refractivity contribution in [1.29, 1.82) is 0 Å². The highest BCUT2D eigenvalue weighted by atomic mass is 35.5. The van der Waals surface area contributed by atoms with Crippen LogP contribution in [0, 0.1) is 5.92 Å². The van der Waals surface area contributed by atoms with Gasteiger partial charge in [-0.3, -0.25) is 14.9 Å². The Hall–Kier alpha value is -2.04. The first kappa shape index (κ1) is 19.3. The molecule has 2 rings (SSSR count). The first-order valence-electron chi connectivity index (χ1n) is 7.20. The van der Waals surface area contributed by atoms with Crippen molar-refractivity contribution in [3.63, 3.8) is 0 Å². The maximum Gasteiger partial charge on any atom is 0.293 e. The number of carbonyl (C=O) groups excluding carboxylic acids is 2. The minimum absolute atomic E-state index is 0.00341. The molecule has 2 aromatic rings. The third kappa shape index (κ3) is 4.97. The molecular weight excluding hydrogens is 388 g/mol.